The monoisotopic (exact) mass is 382 g/mol. The predicted octanol–water partition coefficient (Wildman–Crippen LogP) is 3.24. The fraction of sp³-hybridized carbons (Fsp3) is 0.350. The van der Waals surface area contributed by atoms with E-state index in [2.05, 4.69) is 38.6 Å². The molecule has 8 heteroatoms. The largest absolute Gasteiger partial charge is 0.489 e. The number of aromatic nitrogens is 4. The van der Waals surface area contributed by atoms with E-state index in [0.717, 1.165) is 55.5 Å². The minimum Gasteiger partial charge on any atom is -0.489 e. The van der Waals surface area contributed by atoms with E-state index in [1.807, 2.05) is 12.1 Å². The molecule has 3 heterocycles. The van der Waals surface area contributed by atoms with Gasteiger partial charge in [0.25, 0.3) is 0 Å². The zero-order valence-corrected chi connectivity index (χ0v) is 15.7. The Morgan fingerprint density at radius 2 is 2.29 bits per heavy atom. The summed E-state index contributed by atoms with van der Waals surface area (Å²) in [5.74, 6) is 0.752. The van der Waals surface area contributed by atoms with Crippen LogP contribution >= 0.6 is 0 Å². The fourth-order valence-corrected chi connectivity index (χ4v) is 3.23. The number of halogens is 1. The highest BCUT2D eigenvalue weighted by Crippen LogP contribution is 2.26. The molecule has 2 aromatic heterocycles. The Morgan fingerprint density at radius 1 is 1.36 bits per heavy atom. The van der Waals surface area contributed by atoms with Crippen LogP contribution < -0.4 is 15.4 Å². The molecule has 3 aromatic rings. The van der Waals surface area contributed by atoms with E-state index in [4.69, 9.17) is 4.74 Å². The van der Waals surface area contributed by atoms with Crippen molar-refractivity contribution in [3.05, 3.63) is 54.5 Å². The maximum absolute atomic E-state index is 14.1. The van der Waals surface area contributed by atoms with E-state index in [1.54, 1.807) is 12.4 Å². The van der Waals surface area contributed by atoms with Gasteiger partial charge in [0, 0.05) is 30.7 Å². The molecule has 0 bridgehead atoms. The first-order valence-corrected chi connectivity index (χ1v) is 9.50. The van der Waals surface area contributed by atoms with Gasteiger partial charge in [-0.1, -0.05) is 6.92 Å². The summed E-state index contributed by atoms with van der Waals surface area (Å²) in [6, 6.07) is 6.01. The van der Waals surface area contributed by atoms with Gasteiger partial charge in [-0.05, 0) is 43.5 Å². The summed E-state index contributed by atoms with van der Waals surface area (Å²) < 4.78 is 21.8. The van der Waals surface area contributed by atoms with Crippen LogP contribution in [0.3, 0.4) is 0 Å². The number of aryl methyl sites for hydroxylation is 1. The Kier molecular flexibility index (Phi) is 5.48. The maximum atomic E-state index is 14.1. The summed E-state index contributed by atoms with van der Waals surface area (Å²) in [4.78, 5) is 12.3. The molecule has 4 rings (SSSR count). The minimum atomic E-state index is -0.514. The SMILES string of the molecule is CCc1cc(Nc2ncc(F)c(-n3ccnc3)n2)cc(OC2CCCNC2)c1. The van der Waals surface area contributed by atoms with E-state index in [1.165, 1.54) is 10.9 Å². The fourth-order valence-electron chi connectivity index (χ4n) is 3.23. The van der Waals surface area contributed by atoms with Gasteiger partial charge in [0.05, 0.1) is 6.20 Å². The summed E-state index contributed by atoms with van der Waals surface area (Å²) in [6.45, 7) is 3.99. The number of ether oxygens (including phenoxy) is 1. The molecule has 0 radical (unpaired) electrons. The number of benzene rings is 1. The minimum absolute atomic E-state index is 0.145. The second-order valence-electron chi connectivity index (χ2n) is 6.77. The molecule has 28 heavy (non-hydrogen) atoms. The van der Waals surface area contributed by atoms with E-state index < -0.39 is 5.82 Å². The summed E-state index contributed by atoms with van der Waals surface area (Å²) in [5, 5.41) is 6.53. The third-order valence-corrected chi connectivity index (χ3v) is 4.66. The zero-order valence-electron chi connectivity index (χ0n) is 15.7. The first-order valence-electron chi connectivity index (χ1n) is 9.50. The summed E-state index contributed by atoms with van der Waals surface area (Å²) in [5.41, 5.74) is 1.95. The van der Waals surface area contributed by atoms with Gasteiger partial charge >= 0.3 is 0 Å². The van der Waals surface area contributed by atoms with Crippen molar-refractivity contribution in [1.82, 2.24) is 24.8 Å². The van der Waals surface area contributed by atoms with Gasteiger partial charge in [0.15, 0.2) is 11.6 Å². The first kappa shape index (κ1) is 18.4. The van der Waals surface area contributed by atoms with Gasteiger partial charge in [-0.3, -0.25) is 4.57 Å². The Hall–Kier alpha value is -3.00. The molecule has 2 N–H and O–H groups in total. The van der Waals surface area contributed by atoms with E-state index in [-0.39, 0.29) is 11.9 Å². The Balaban J connectivity index is 1.57. The van der Waals surface area contributed by atoms with Gasteiger partial charge in [-0.25, -0.2) is 14.4 Å². The number of rotatable bonds is 6. The lowest BCUT2D eigenvalue weighted by atomic mass is 10.1. The lowest BCUT2D eigenvalue weighted by Gasteiger charge is -2.24. The number of hydrogen-bond acceptors (Lipinski definition) is 6. The smallest absolute Gasteiger partial charge is 0.229 e. The molecule has 7 nitrogen and oxygen atoms in total. The maximum Gasteiger partial charge on any atom is 0.229 e. The Bertz CT molecular complexity index is 924. The normalized spacial score (nSPS) is 16.7. The lowest BCUT2D eigenvalue weighted by Crippen LogP contribution is -2.37. The predicted molar refractivity (Wildman–Crippen MR) is 105 cm³/mol. The average molecular weight is 382 g/mol. The van der Waals surface area contributed by atoms with Gasteiger partial charge < -0.3 is 15.4 Å². The second-order valence-corrected chi connectivity index (χ2v) is 6.77. The van der Waals surface area contributed by atoms with E-state index in [0.29, 0.717) is 5.95 Å². The van der Waals surface area contributed by atoms with Crippen LogP contribution in [0.4, 0.5) is 16.0 Å². The molecular weight excluding hydrogens is 359 g/mol. The van der Waals surface area contributed by atoms with Crippen molar-refractivity contribution in [1.29, 1.82) is 0 Å². The van der Waals surface area contributed by atoms with E-state index >= 15 is 0 Å². The molecule has 1 aliphatic heterocycles. The molecule has 1 fully saturated rings. The van der Waals surface area contributed by atoms with Crippen molar-refractivity contribution in [3.63, 3.8) is 0 Å². The standard InChI is InChI=1S/C20H23FN6O/c1-2-14-8-15(10-17(9-14)28-16-4-3-5-22-11-16)25-20-24-12-18(21)19(26-20)27-7-6-23-13-27/h6-10,12-13,16,22H,2-5,11H2,1H3,(H,24,25,26). The highest BCUT2D eigenvalue weighted by atomic mass is 19.1. The number of nitrogens with one attached hydrogen (secondary N) is 2. The van der Waals surface area contributed by atoms with E-state index in [9.17, 15) is 4.39 Å². The van der Waals surface area contributed by atoms with Gasteiger partial charge in [-0.2, -0.15) is 4.98 Å². The molecule has 1 aromatic carbocycles. The quantitative estimate of drug-likeness (QED) is 0.682. The molecule has 0 aliphatic carbocycles. The molecule has 1 unspecified atom stereocenters. The Morgan fingerprint density at radius 3 is 3.04 bits per heavy atom. The van der Waals surface area contributed by atoms with Gasteiger partial charge in [-0.15, -0.1) is 0 Å². The number of anilines is 2. The van der Waals surface area contributed by atoms with Crippen LogP contribution in [0.15, 0.2) is 43.1 Å². The third kappa shape index (κ3) is 4.28. The highest BCUT2D eigenvalue weighted by molar-refractivity contribution is 5.58. The molecular formula is C20H23FN6O. The van der Waals surface area contributed by atoms with Crippen molar-refractivity contribution in [3.8, 4) is 11.6 Å². The number of hydrogen-bond donors (Lipinski definition) is 2. The van der Waals surface area contributed by atoms with Gasteiger partial charge in [0.2, 0.25) is 5.95 Å². The van der Waals surface area contributed by atoms with Crippen LogP contribution in [-0.2, 0) is 6.42 Å². The van der Waals surface area contributed by atoms with Crippen molar-refractivity contribution in [2.24, 2.45) is 0 Å². The lowest BCUT2D eigenvalue weighted by molar-refractivity contribution is 0.167. The van der Waals surface area contributed by atoms with Crippen molar-refractivity contribution >= 4 is 11.6 Å². The third-order valence-electron chi connectivity index (χ3n) is 4.66. The van der Waals surface area contributed by atoms with Crippen LogP contribution in [-0.4, -0.2) is 38.7 Å². The highest BCUT2D eigenvalue weighted by Gasteiger charge is 2.15. The number of nitrogens with zero attached hydrogens (tertiary/aromatic N) is 4. The van der Waals surface area contributed by atoms with Crippen molar-refractivity contribution in [2.75, 3.05) is 18.4 Å². The van der Waals surface area contributed by atoms with Crippen LogP contribution in [0.5, 0.6) is 5.75 Å². The summed E-state index contributed by atoms with van der Waals surface area (Å²) in [6.07, 6.45) is 9.06. The molecule has 0 spiro atoms. The van der Waals surface area contributed by atoms with Crippen molar-refractivity contribution < 1.29 is 9.13 Å². The zero-order chi connectivity index (χ0) is 19.3. The number of piperidine rings is 1. The average Bonchev–Trinajstić information content (AvgIpc) is 3.24. The molecule has 1 aliphatic rings. The van der Waals surface area contributed by atoms with Crippen LogP contribution in [0, 0.1) is 5.82 Å². The molecule has 1 atom stereocenters. The topological polar surface area (TPSA) is 76.9 Å². The summed E-state index contributed by atoms with van der Waals surface area (Å²) in [7, 11) is 0. The van der Waals surface area contributed by atoms with Crippen LogP contribution in [0.1, 0.15) is 25.3 Å². The van der Waals surface area contributed by atoms with Crippen LogP contribution in [0.25, 0.3) is 5.82 Å². The number of imidazole rings is 1. The molecule has 146 valence electrons. The summed E-state index contributed by atoms with van der Waals surface area (Å²) >= 11 is 0. The molecule has 1 saturated heterocycles. The van der Waals surface area contributed by atoms with Gasteiger partial charge in [0.1, 0.15) is 18.2 Å². The molecule has 0 saturated carbocycles. The molecule has 0 amide bonds. The van der Waals surface area contributed by atoms with Crippen LogP contribution in [0.2, 0.25) is 0 Å². The first-order chi connectivity index (χ1) is 13.7. The second kappa shape index (κ2) is 8.35. The van der Waals surface area contributed by atoms with Crippen molar-refractivity contribution in [2.45, 2.75) is 32.3 Å². The Labute approximate surface area is 163 Å².